The topological polar surface area (TPSA) is 29.3 Å². The standard InChI is InChI=1S/C15H17N3S/c1-12-14(18-9-10-19-15(18)17-12)11-16-8-7-13-5-3-2-4-6-13/h2-6,9-10,16H,7-8,11H2,1H3. The van der Waals surface area contributed by atoms with Gasteiger partial charge in [-0.05, 0) is 25.5 Å². The van der Waals surface area contributed by atoms with Crippen molar-refractivity contribution in [2.45, 2.75) is 19.9 Å². The summed E-state index contributed by atoms with van der Waals surface area (Å²) in [6.07, 6.45) is 3.15. The molecule has 0 radical (unpaired) electrons. The molecule has 3 nitrogen and oxygen atoms in total. The molecule has 2 aromatic heterocycles. The summed E-state index contributed by atoms with van der Waals surface area (Å²) in [5.74, 6) is 0. The van der Waals surface area contributed by atoms with Crippen LogP contribution in [0.4, 0.5) is 0 Å². The van der Waals surface area contributed by atoms with E-state index in [2.05, 4.69) is 63.5 Å². The molecule has 4 heteroatoms. The van der Waals surface area contributed by atoms with E-state index < -0.39 is 0 Å². The van der Waals surface area contributed by atoms with Gasteiger partial charge < -0.3 is 5.32 Å². The fraction of sp³-hybridized carbons (Fsp3) is 0.267. The Morgan fingerprint density at radius 3 is 2.95 bits per heavy atom. The van der Waals surface area contributed by atoms with E-state index in [0.29, 0.717) is 0 Å². The fourth-order valence-electron chi connectivity index (χ4n) is 2.24. The first-order chi connectivity index (χ1) is 9.34. The third kappa shape index (κ3) is 2.69. The molecular weight excluding hydrogens is 254 g/mol. The highest BCUT2D eigenvalue weighted by Gasteiger charge is 2.08. The molecule has 1 N–H and O–H groups in total. The van der Waals surface area contributed by atoms with Crippen LogP contribution >= 0.6 is 11.3 Å². The largest absolute Gasteiger partial charge is 0.311 e. The highest BCUT2D eigenvalue weighted by atomic mass is 32.1. The van der Waals surface area contributed by atoms with Crippen LogP contribution in [0.5, 0.6) is 0 Å². The Labute approximate surface area is 116 Å². The van der Waals surface area contributed by atoms with Gasteiger partial charge in [-0.15, -0.1) is 11.3 Å². The minimum absolute atomic E-state index is 0.872. The Hall–Kier alpha value is -1.65. The first-order valence-corrected chi connectivity index (χ1v) is 7.38. The number of hydrogen-bond acceptors (Lipinski definition) is 3. The minimum Gasteiger partial charge on any atom is -0.311 e. The van der Waals surface area contributed by atoms with Gasteiger partial charge in [0, 0.05) is 18.1 Å². The van der Waals surface area contributed by atoms with Crippen molar-refractivity contribution in [3.63, 3.8) is 0 Å². The molecule has 0 aliphatic heterocycles. The molecule has 0 saturated heterocycles. The second kappa shape index (κ2) is 5.55. The van der Waals surface area contributed by atoms with Gasteiger partial charge in [0.25, 0.3) is 0 Å². The fourth-order valence-corrected chi connectivity index (χ4v) is 3.02. The van der Waals surface area contributed by atoms with Gasteiger partial charge in [-0.25, -0.2) is 4.98 Å². The average molecular weight is 271 g/mol. The van der Waals surface area contributed by atoms with E-state index in [1.807, 2.05) is 0 Å². The van der Waals surface area contributed by atoms with E-state index in [-0.39, 0.29) is 0 Å². The number of benzene rings is 1. The SMILES string of the molecule is Cc1nc2sccn2c1CNCCc1ccccc1. The van der Waals surface area contributed by atoms with Crippen molar-refractivity contribution < 1.29 is 0 Å². The van der Waals surface area contributed by atoms with Crippen LogP contribution in [0.25, 0.3) is 4.96 Å². The van der Waals surface area contributed by atoms with Gasteiger partial charge in [0.15, 0.2) is 4.96 Å². The van der Waals surface area contributed by atoms with Crippen LogP contribution in [0, 0.1) is 6.92 Å². The van der Waals surface area contributed by atoms with Crippen LogP contribution in [0.1, 0.15) is 17.0 Å². The predicted octanol–water partition coefficient (Wildman–Crippen LogP) is 3.04. The molecule has 0 aliphatic rings. The number of hydrogen-bond donors (Lipinski definition) is 1. The summed E-state index contributed by atoms with van der Waals surface area (Å²) in [6, 6.07) is 10.6. The van der Waals surface area contributed by atoms with E-state index in [4.69, 9.17) is 0 Å². The summed E-state index contributed by atoms with van der Waals surface area (Å²) in [6.45, 7) is 3.94. The third-order valence-corrected chi connectivity index (χ3v) is 4.04. The van der Waals surface area contributed by atoms with Crippen molar-refractivity contribution in [3.8, 4) is 0 Å². The lowest BCUT2D eigenvalue weighted by Crippen LogP contribution is -2.18. The van der Waals surface area contributed by atoms with E-state index in [0.717, 1.165) is 30.2 Å². The maximum Gasteiger partial charge on any atom is 0.194 e. The van der Waals surface area contributed by atoms with Gasteiger partial charge in [0.2, 0.25) is 0 Å². The summed E-state index contributed by atoms with van der Waals surface area (Å²) < 4.78 is 2.18. The zero-order chi connectivity index (χ0) is 13.1. The van der Waals surface area contributed by atoms with Crippen LogP contribution in [0.2, 0.25) is 0 Å². The summed E-state index contributed by atoms with van der Waals surface area (Å²) >= 11 is 1.68. The van der Waals surface area contributed by atoms with Crippen LogP contribution < -0.4 is 5.32 Å². The van der Waals surface area contributed by atoms with E-state index in [1.54, 1.807) is 11.3 Å². The monoisotopic (exact) mass is 271 g/mol. The minimum atomic E-state index is 0.872. The van der Waals surface area contributed by atoms with E-state index >= 15 is 0 Å². The number of aryl methyl sites for hydroxylation is 1. The van der Waals surface area contributed by atoms with Crippen molar-refractivity contribution in [2.75, 3.05) is 6.54 Å². The molecule has 98 valence electrons. The maximum absolute atomic E-state index is 4.55. The Morgan fingerprint density at radius 2 is 2.11 bits per heavy atom. The quantitative estimate of drug-likeness (QED) is 0.723. The van der Waals surface area contributed by atoms with Crippen LogP contribution in [-0.2, 0) is 13.0 Å². The lowest BCUT2D eigenvalue weighted by Gasteiger charge is -2.05. The number of aromatic nitrogens is 2. The van der Waals surface area contributed by atoms with Crippen molar-refractivity contribution in [2.24, 2.45) is 0 Å². The molecule has 1 aromatic carbocycles. The lowest BCUT2D eigenvalue weighted by molar-refractivity contribution is 0.668. The molecule has 0 bridgehead atoms. The normalized spacial score (nSPS) is 11.2. The molecule has 2 heterocycles. The second-order valence-corrected chi connectivity index (χ2v) is 5.48. The smallest absolute Gasteiger partial charge is 0.194 e. The Morgan fingerprint density at radius 1 is 1.26 bits per heavy atom. The Balaban J connectivity index is 1.58. The molecule has 0 saturated carbocycles. The summed E-state index contributed by atoms with van der Waals surface area (Å²) in [5, 5.41) is 5.58. The van der Waals surface area contributed by atoms with Gasteiger partial charge in [-0.3, -0.25) is 4.40 Å². The number of nitrogens with zero attached hydrogens (tertiary/aromatic N) is 2. The summed E-state index contributed by atoms with van der Waals surface area (Å²) in [5.41, 5.74) is 3.77. The van der Waals surface area contributed by atoms with E-state index in [1.165, 1.54) is 11.3 Å². The molecule has 0 aliphatic carbocycles. The van der Waals surface area contributed by atoms with Crippen molar-refractivity contribution >= 4 is 16.3 Å². The summed E-state index contributed by atoms with van der Waals surface area (Å²) in [7, 11) is 0. The summed E-state index contributed by atoms with van der Waals surface area (Å²) in [4.78, 5) is 5.63. The number of thiazole rings is 1. The van der Waals surface area contributed by atoms with Gasteiger partial charge in [-0.2, -0.15) is 0 Å². The molecule has 19 heavy (non-hydrogen) atoms. The first-order valence-electron chi connectivity index (χ1n) is 6.50. The zero-order valence-electron chi connectivity index (χ0n) is 11.0. The highest BCUT2D eigenvalue weighted by Crippen LogP contribution is 2.16. The molecular formula is C15H17N3S. The van der Waals surface area contributed by atoms with Crippen LogP contribution in [-0.4, -0.2) is 15.9 Å². The van der Waals surface area contributed by atoms with E-state index in [9.17, 15) is 0 Å². The predicted molar refractivity (Wildman–Crippen MR) is 79.7 cm³/mol. The Kier molecular flexibility index (Phi) is 3.62. The van der Waals surface area contributed by atoms with Gasteiger partial charge >= 0.3 is 0 Å². The number of imidazole rings is 1. The molecule has 0 spiro atoms. The maximum atomic E-state index is 4.55. The number of fused-ring (bicyclic) bond motifs is 1. The molecule has 0 unspecified atom stereocenters. The lowest BCUT2D eigenvalue weighted by atomic mass is 10.1. The molecule has 3 rings (SSSR count). The average Bonchev–Trinajstić information content (AvgIpc) is 2.98. The van der Waals surface area contributed by atoms with Gasteiger partial charge in [0.1, 0.15) is 0 Å². The third-order valence-electron chi connectivity index (χ3n) is 3.29. The molecule has 3 aromatic rings. The van der Waals surface area contributed by atoms with Gasteiger partial charge in [0.05, 0.1) is 11.4 Å². The number of nitrogens with one attached hydrogen (secondary N) is 1. The van der Waals surface area contributed by atoms with Gasteiger partial charge in [-0.1, -0.05) is 30.3 Å². The molecule has 0 amide bonds. The van der Waals surface area contributed by atoms with Crippen LogP contribution in [0.3, 0.4) is 0 Å². The van der Waals surface area contributed by atoms with Crippen LogP contribution in [0.15, 0.2) is 41.9 Å². The molecule has 0 atom stereocenters. The van der Waals surface area contributed by atoms with Crippen molar-refractivity contribution in [3.05, 3.63) is 58.9 Å². The number of rotatable bonds is 5. The first kappa shape index (κ1) is 12.4. The Bertz CT molecular complexity index is 654. The second-order valence-electron chi connectivity index (χ2n) is 4.61. The highest BCUT2D eigenvalue weighted by molar-refractivity contribution is 7.15. The van der Waals surface area contributed by atoms with Crippen molar-refractivity contribution in [1.29, 1.82) is 0 Å². The molecule has 0 fully saturated rings. The van der Waals surface area contributed by atoms with Crippen molar-refractivity contribution in [1.82, 2.24) is 14.7 Å². The zero-order valence-corrected chi connectivity index (χ0v) is 11.8.